The maximum absolute atomic E-state index is 14.2. The van der Waals surface area contributed by atoms with Crippen molar-refractivity contribution in [3.63, 3.8) is 0 Å². The number of rotatable bonds is 10. The number of primary amides is 1. The summed E-state index contributed by atoms with van der Waals surface area (Å²) in [7, 11) is 1.58. The van der Waals surface area contributed by atoms with Crippen molar-refractivity contribution in [2.45, 2.75) is 6.10 Å². The van der Waals surface area contributed by atoms with Gasteiger partial charge in [-0.05, 0) is 52.3 Å². The van der Waals surface area contributed by atoms with E-state index in [1.807, 2.05) is 0 Å². The Morgan fingerprint density at radius 2 is 1.91 bits per heavy atom. The lowest BCUT2D eigenvalue weighted by Gasteiger charge is -2.11. The number of methoxy groups -OCH3 is 1. The van der Waals surface area contributed by atoms with Gasteiger partial charge in [0.25, 0.3) is 5.91 Å². The summed E-state index contributed by atoms with van der Waals surface area (Å²) < 4.78 is 49.1. The quantitative estimate of drug-likeness (QED) is 0.398. The van der Waals surface area contributed by atoms with Crippen LogP contribution in [0.3, 0.4) is 0 Å². The highest BCUT2D eigenvalue weighted by Gasteiger charge is 2.23. The van der Waals surface area contributed by atoms with Crippen molar-refractivity contribution in [1.29, 1.82) is 0 Å². The molecule has 11 heteroatoms. The Labute approximate surface area is 190 Å². The van der Waals surface area contributed by atoms with Crippen molar-refractivity contribution in [2.24, 2.45) is 5.73 Å². The number of halogens is 3. The molecular weight excluding hydrogens is 494 g/mol. The summed E-state index contributed by atoms with van der Waals surface area (Å²) >= 11 is 3.25. The van der Waals surface area contributed by atoms with Crippen molar-refractivity contribution in [2.75, 3.05) is 26.9 Å². The van der Waals surface area contributed by atoms with Crippen molar-refractivity contribution in [3.05, 3.63) is 64.2 Å². The number of nitrogens with zero attached hydrogens (tertiary/aromatic N) is 1. The second-order valence-corrected chi connectivity index (χ2v) is 7.19. The number of aromatic nitrogens is 1. The topological polar surface area (TPSA) is 117 Å². The van der Waals surface area contributed by atoms with Gasteiger partial charge in [0.2, 0.25) is 5.89 Å². The molecule has 1 amide bonds. The zero-order chi connectivity index (χ0) is 23.3. The van der Waals surface area contributed by atoms with Crippen LogP contribution in [0.2, 0.25) is 0 Å². The number of hydrogen-bond donors (Lipinski definition) is 2. The predicted molar refractivity (Wildman–Crippen MR) is 112 cm³/mol. The fraction of sp³-hybridized carbons (Fsp3) is 0.238. The molecule has 3 aromatic rings. The van der Waals surface area contributed by atoms with Crippen LogP contribution >= 0.6 is 15.9 Å². The summed E-state index contributed by atoms with van der Waals surface area (Å²) in [6, 6.07) is 8.84. The molecule has 1 unspecified atom stereocenters. The predicted octanol–water partition coefficient (Wildman–Crippen LogP) is 3.62. The number of aliphatic hydroxyl groups is 1. The summed E-state index contributed by atoms with van der Waals surface area (Å²) in [5.74, 6) is -3.54. The summed E-state index contributed by atoms with van der Waals surface area (Å²) in [4.78, 5) is 15.5. The largest absolute Gasteiger partial charge is 0.491 e. The van der Waals surface area contributed by atoms with Gasteiger partial charge in [-0.15, -0.1) is 0 Å². The number of oxazole rings is 1. The molecular formula is C21H19BrF2N2O6. The van der Waals surface area contributed by atoms with Gasteiger partial charge in [0.1, 0.15) is 36.0 Å². The zero-order valence-corrected chi connectivity index (χ0v) is 18.4. The van der Waals surface area contributed by atoms with E-state index in [1.165, 1.54) is 0 Å². The summed E-state index contributed by atoms with van der Waals surface area (Å²) in [5, 5.41) is 10.3. The van der Waals surface area contributed by atoms with E-state index in [-0.39, 0.29) is 10.6 Å². The molecule has 0 aliphatic rings. The average Bonchev–Trinajstić information content (AvgIpc) is 3.15. The first kappa shape index (κ1) is 23.6. The molecule has 1 heterocycles. The minimum atomic E-state index is -1.38. The number of hydrogen-bond acceptors (Lipinski definition) is 7. The van der Waals surface area contributed by atoms with Crippen molar-refractivity contribution in [3.8, 4) is 22.8 Å². The molecule has 1 atom stereocenters. The van der Waals surface area contributed by atoms with Gasteiger partial charge >= 0.3 is 0 Å². The molecule has 32 heavy (non-hydrogen) atoms. The second kappa shape index (κ2) is 10.5. The molecule has 0 spiro atoms. The number of nitrogens with two attached hydrogens (primary N) is 1. The van der Waals surface area contributed by atoms with Crippen LogP contribution in [-0.2, 0) is 4.74 Å². The van der Waals surface area contributed by atoms with Crippen LogP contribution in [0.25, 0.3) is 11.3 Å². The maximum atomic E-state index is 14.2. The molecule has 8 nitrogen and oxygen atoms in total. The average molecular weight is 513 g/mol. The van der Waals surface area contributed by atoms with Gasteiger partial charge < -0.3 is 29.5 Å². The third kappa shape index (κ3) is 5.42. The Kier molecular flexibility index (Phi) is 7.78. The summed E-state index contributed by atoms with van der Waals surface area (Å²) in [6.45, 7) is 0.403. The van der Waals surface area contributed by atoms with Gasteiger partial charge in [0.15, 0.2) is 22.3 Å². The zero-order valence-electron chi connectivity index (χ0n) is 16.8. The molecule has 1 aromatic heterocycles. The Morgan fingerprint density at radius 3 is 2.56 bits per heavy atom. The summed E-state index contributed by atoms with van der Waals surface area (Å²) in [6.07, 6.45) is -1.38. The van der Waals surface area contributed by atoms with Gasteiger partial charge in [-0.3, -0.25) is 4.79 Å². The number of carbonyl (C=O) groups is 1. The molecule has 0 saturated heterocycles. The normalized spacial score (nSPS) is 11.9. The van der Waals surface area contributed by atoms with E-state index in [9.17, 15) is 18.7 Å². The highest BCUT2D eigenvalue weighted by molar-refractivity contribution is 9.10. The monoisotopic (exact) mass is 512 g/mol. The second-order valence-electron chi connectivity index (χ2n) is 6.47. The molecule has 0 bridgehead atoms. The van der Waals surface area contributed by atoms with E-state index < -0.39 is 41.6 Å². The molecule has 0 aliphatic heterocycles. The van der Waals surface area contributed by atoms with Crippen LogP contribution in [0, 0.1) is 11.6 Å². The third-order valence-corrected chi connectivity index (χ3v) is 4.81. The standard InChI is InChI=1S/C21H19BrF2N2O6/c1-29-8-9-30-12-4-2-11(3-5-12)18-19(22)32-21(26-18)14(27)10-31-15-7-6-13(23)16(17(15)24)20(25)28/h2-7,14,27H,8-10H2,1H3,(H2,25,28). The number of amides is 1. The van der Waals surface area contributed by atoms with Crippen molar-refractivity contribution in [1.82, 2.24) is 4.98 Å². The molecule has 0 radical (unpaired) electrons. The molecule has 0 fully saturated rings. The fourth-order valence-corrected chi connectivity index (χ4v) is 3.18. The van der Waals surface area contributed by atoms with Crippen molar-refractivity contribution >= 4 is 21.8 Å². The molecule has 170 valence electrons. The van der Waals surface area contributed by atoms with E-state index in [2.05, 4.69) is 20.9 Å². The minimum absolute atomic E-state index is 0.0926. The Hall–Kier alpha value is -3.02. The number of ether oxygens (including phenoxy) is 3. The van der Waals surface area contributed by atoms with Gasteiger partial charge in [0.05, 0.1) is 6.61 Å². The first-order valence-corrected chi connectivity index (χ1v) is 10.1. The van der Waals surface area contributed by atoms with Gasteiger partial charge in [-0.25, -0.2) is 13.8 Å². The first-order chi connectivity index (χ1) is 15.3. The van der Waals surface area contributed by atoms with E-state index in [1.54, 1.807) is 31.4 Å². The van der Waals surface area contributed by atoms with Crippen LogP contribution in [0.1, 0.15) is 22.4 Å². The molecule has 0 aliphatic carbocycles. The van der Waals surface area contributed by atoms with Crippen LogP contribution in [0.5, 0.6) is 11.5 Å². The van der Waals surface area contributed by atoms with Crippen molar-refractivity contribution < 1.29 is 37.3 Å². The lowest BCUT2D eigenvalue weighted by molar-refractivity contribution is 0.0811. The van der Waals surface area contributed by atoms with E-state index >= 15 is 0 Å². The Balaban J connectivity index is 1.69. The van der Waals surface area contributed by atoms with E-state index in [4.69, 9.17) is 24.4 Å². The third-order valence-electron chi connectivity index (χ3n) is 4.27. The van der Waals surface area contributed by atoms with Gasteiger partial charge in [-0.1, -0.05) is 0 Å². The SMILES string of the molecule is COCCOc1ccc(-c2nc(C(O)COc3ccc(F)c(C(N)=O)c3F)oc2Br)cc1. The number of aliphatic hydroxyl groups excluding tert-OH is 1. The lowest BCUT2D eigenvalue weighted by atomic mass is 10.1. The number of carbonyl (C=O) groups excluding carboxylic acids is 1. The highest BCUT2D eigenvalue weighted by Crippen LogP contribution is 2.32. The van der Waals surface area contributed by atoms with E-state index in [0.29, 0.717) is 30.2 Å². The molecule has 3 N–H and O–H groups in total. The van der Waals surface area contributed by atoms with Crippen LogP contribution in [0.15, 0.2) is 45.5 Å². The Bertz CT molecular complexity index is 1090. The fourth-order valence-electron chi connectivity index (χ4n) is 2.70. The van der Waals surface area contributed by atoms with Crippen LogP contribution in [0.4, 0.5) is 8.78 Å². The smallest absolute Gasteiger partial charge is 0.254 e. The first-order valence-electron chi connectivity index (χ1n) is 9.28. The Morgan fingerprint density at radius 1 is 1.19 bits per heavy atom. The van der Waals surface area contributed by atoms with Crippen LogP contribution in [-0.4, -0.2) is 42.9 Å². The molecule has 3 rings (SSSR count). The lowest BCUT2D eigenvalue weighted by Crippen LogP contribution is -2.17. The molecule has 0 saturated carbocycles. The van der Waals surface area contributed by atoms with Gasteiger partial charge in [0, 0.05) is 12.7 Å². The summed E-state index contributed by atoms with van der Waals surface area (Å²) in [5.41, 5.74) is 5.17. The van der Waals surface area contributed by atoms with E-state index in [0.717, 1.165) is 12.1 Å². The van der Waals surface area contributed by atoms with Crippen LogP contribution < -0.4 is 15.2 Å². The molecule has 2 aromatic carbocycles. The highest BCUT2D eigenvalue weighted by atomic mass is 79.9. The maximum Gasteiger partial charge on any atom is 0.254 e. The minimum Gasteiger partial charge on any atom is -0.491 e. The van der Waals surface area contributed by atoms with Gasteiger partial charge in [-0.2, -0.15) is 0 Å². The number of benzene rings is 2.